The van der Waals surface area contributed by atoms with Crippen LogP contribution in [0.25, 0.3) is 0 Å². The molecule has 1 unspecified atom stereocenters. The fraction of sp³-hybridized carbons (Fsp3) is 0.889. The first-order valence-electron chi connectivity index (χ1n) is 5.08. The van der Waals surface area contributed by atoms with E-state index in [-0.39, 0.29) is 24.1 Å². The number of alkyl halides is 3. The molecule has 1 heterocycles. The van der Waals surface area contributed by atoms with Gasteiger partial charge in [0.15, 0.2) is 0 Å². The molecule has 1 N–H and O–H groups in total. The number of thioether (sulfide) groups is 1. The first kappa shape index (κ1) is 13.6. The molecule has 0 aromatic heterocycles. The van der Waals surface area contributed by atoms with Gasteiger partial charge in [0.2, 0.25) is 0 Å². The van der Waals surface area contributed by atoms with Crippen molar-refractivity contribution < 1.29 is 23.1 Å². The molecule has 0 aromatic rings. The van der Waals surface area contributed by atoms with Gasteiger partial charge in [-0.1, -0.05) is 6.42 Å². The van der Waals surface area contributed by atoms with Crippen LogP contribution in [0.3, 0.4) is 0 Å². The third-order valence-corrected chi connectivity index (χ3v) is 3.26. The molecule has 0 bridgehead atoms. The highest BCUT2D eigenvalue weighted by atomic mass is 32.2. The Morgan fingerprint density at radius 3 is 2.69 bits per heavy atom. The minimum absolute atomic E-state index is 0.0936. The molecule has 0 radical (unpaired) electrons. The van der Waals surface area contributed by atoms with E-state index in [9.17, 15) is 18.0 Å². The maximum absolute atomic E-state index is 11.9. The topological polar surface area (TPSA) is 40.5 Å². The lowest BCUT2D eigenvalue weighted by molar-refractivity contribution is -0.144. The summed E-state index contributed by atoms with van der Waals surface area (Å²) >= 11 is -0.0936. The van der Waals surface area contributed by atoms with Crippen LogP contribution in [-0.4, -0.2) is 46.4 Å². The second-order valence-electron chi connectivity index (χ2n) is 3.68. The van der Waals surface area contributed by atoms with Crippen molar-refractivity contribution in [3.05, 3.63) is 0 Å². The third kappa shape index (κ3) is 4.61. The molecule has 0 aromatic carbocycles. The van der Waals surface area contributed by atoms with E-state index in [4.69, 9.17) is 5.11 Å². The molecule has 1 saturated heterocycles. The second kappa shape index (κ2) is 5.77. The molecular weight excluding hydrogens is 243 g/mol. The van der Waals surface area contributed by atoms with Gasteiger partial charge in [0.25, 0.3) is 0 Å². The van der Waals surface area contributed by atoms with E-state index >= 15 is 0 Å². The van der Waals surface area contributed by atoms with Crippen LogP contribution in [0.5, 0.6) is 0 Å². The number of halogens is 3. The summed E-state index contributed by atoms with van der Waals surface area (Å²) in [7, 11) is 0. The Morgan fingerprint density at radius 1 is 1.44 bits per heavy atom. The fourth-order valence-corrected chi connectivity index (χ4v) is 2.37. The maximum Gasteiger partial charge on any atom is 0.441 e. The first-order valence-corrected chi connectivity index (χ1v) is 6.06. The van der Waals surface area contributed by atoms with Crippen LogP contribution in [0.15, 0.2) is 0 Å². The van der Waals surface area contributed by atoms with Crippen LogP contribution in [0, 0.1) is 0 Å². The Bertz CT molecular complexity index is 247. The van der Waals surface area contributed by atoms with Crippen molar-refractivity contribution in [2.75, 3.05) is 18.8 Å². The van der Waals surface area contributed by atoms with Crippen LogP contribution < -0.4 is 0 Å². The van der Waals surface area contributed by atoms with Gasteiger partial charge in [-0.3, -0.25) is 9.69 Å². The summed E-state index contributed by atoms with van der Waals surface area (Å²) in [5.74, 6) is -1.04. The number of nitrogens with zero attached hydrogens (tertiary/aromatic N) is 1. The molecule has 16 heavy (non-hydrogen) atoms. The number of hydrogen-bond donors (Lipinski definition) is 1. The van der Waals surface area contributed by atoms with Gasteiger partial charge >= 0.3 is 11.5 Å². The van der Waals surface area contributed by atoms with Crippen molar-refractivity contribution in [3.8, 4) is 0 Å². The number of carbonyl (C=O) groups is 1. The smallest absolute Gasteiger partial charge is 0.441 e. The molecule has 1 atom stereocenters. The lowest BCUT2D eigenvalue weighted by Gasteiger charge is -2.32. The third-order valence-electron chi connectivity index (χ3n) is 2.54. The number of aliphatic carboxylic acids is 1. The van der Waals surface area contributed by atoms with Crippen LogP contribution in [0.4, 0.5) is 13.2 Å². The Labute approximate surface area is 96.0 Å². The monoisotopic (exact) mass is 257 g/mol. The minimum Gasteiger partial charge on any atom is -0.480 e. The lowest BCUT2D eigenvalue weighted by atomic mass is 10.0. The second-order valence-corrected chi connectivity index (χ2v) is 4.84. The predicted octanol–water partition coefficient (Wildman–Crippen LogP) is 2.18. The van der Waals surface area contributed by atoms with Gasteiger partial charge in [0.1, 0.15) is 6.04 Å². The number of carboxylic acid groups (broad SMARTS) is 1. The highest BCUT2D eigenvalue weighted by molar-refractivity contribution is 8.00. The van der Waals surface area contributed by atoms with Gasteiger partial charge in [-0.25, -0.2) is 0 Å². The maximum atomic E-state index is 11.9. The molecule has 7 heteroatoms. The molecular formula is C9H14F3NO2S. The van der Waals surface area contributed by atoms with Crippen LogP contribution in [-0.2, 0) is 4.79 Å². The molecule has 0 saturated carbocycles. The molecule has 94 valence electrons. The quantitative estimate of drug-likeness (QED) is 0.838. The standard InChI is InChI=1S/C9H14F3NO2S/c10-9(11,12)16-6-5-13-4-2-1-3-7(13)8(14)15/h7H,1-6H2,(H,14,15). The number of piperidine rings is 1. The van der Waals surface area contributed by atoms with Crippen molar-refractivity contribution in [3.63, 3.8) is 0 Å². The molecule has 0 spiro atoms. The van der Waals surface area contributed by atoms with Gasteiger partial charge in [-0.05, 0) is 31.1 Å². The first-order chi connectivity index (χ1) is 7.40. The summed E-state index contributed by atoms with van der Waals surface area (Å²) in [6.07, 6.45) is 2.23. The summed E-state index contributed by atoms with van der Waals surface area (Å²) in [6.45, 7) is 0.760. The average Bonchev–Trinajstić information content (AvgIpc) is 2.16. The zero-order valence-electron chi connectivity index (χ0n) is 8.66. The average molecular weight is 257 g/mol. The zero-order chi connectivity index (χ0) is 12.2. The van der Waals surface area contributed by atoms with Crippen LogP contribution in [0.1, 0.15) is 19.3 Å². The van der Waals surface area contributed by atoms with E-state index in [0.29, 0.717) is 13.0 Å². The normalized spacial score (nSPS) is 23.3. The Balaban J connectivity index is 2.36. The van der Waals surface area contributed by atoms with E-state index in [0.717, 1.165) is 12.8 Å². The van der Waals surface area contributed by atoms with Gasteiger partial charge < -0.3 is 5.11 Å². The summed E-state index contributed by atoms with van der Waals surface area (Å²) in [5, 5.41) is 8.90. The van der Waals surface area contributed by atoms with E-state index in [1.807, 2.05) is 0 Å². The van der Waals surface area contributed by atoms with E-state index in [2.05, 4.69) is 0 Å². The number of hydrogen-bond acceptors (Lipinski definition) is 3. The van der Waals surface area contributed by atoms with Crippen molar-refractivity contribution in [1.29, 1.82) is 0 Å². The zero-order valence-corrected chi connectivity index (χ0v) is 9.48. The van der Waals surface area contributed by atoms with Crippen molar-refractivity contribution in [2.45, 2.75) is 30.8 Å². The Morgan fingerprint density at radius 2 is 2.12 bits per heavy atom. The van der Waals surface area contributed by atoms with Crippen molar-refractivity contribution in [2.24, 2.45) is 0 Å². The van der Waals surface area contributed by atoms with Gasteiger partial charge in [-0.2, -0.15) is 13.2 Å². The van der Waals surface area contributed by atoms with Crippen molar-refractivity contribution in [1.82, 2.24) is 4.90 Å². The summed E-state index contributed by atoms with van der Waals surface area (Å²) in [6, 6.07) is -0.609. The number of rotatable bonds is 4. The Kier molecular flexibility index (Phi) is 4.91. The molecule has 1 aliphatic heterocycles. The van der Waals surface area contributed by atoms with Gasteiger partial charge in [0.05, 0.1) is 0 Å². The summed E-state index contributed by atoms with van der Waals surface area (Å²) in [4.78, 5) is 12.5. The molecule has 1 rings (SSSR count). The number of carboxylic acids is 1. The highest BCUT2D eigenvalue weighted by Gasteiger charge is 2.31. The number of likely N-dealkylation sites (tertiary alicyclic amines) is 1. The van der Waals surface area contributed by atoms with E-state index in [1.165, 1.54) is 0 Å². The summed E-state index contributed by atoms with van der Waals surface area (Å²) in [5.41, 5.74) is -4.23. The molecule has 1 fully saturated rings. The van der Waals surface area contributed by atoms with E-state index < -0.39 is 17.5 Å². The molecule has 0 aliphatic carbocycles. The SMILES string of the molecule is O=C(O)C1CCCCN1CCSC(F)(F)F. The lowest BCUT2D eigenvalue weighted by Crippen LogP contribution is -2.45. The minimum atomic E-state index is -4.23. The van der Waals surface area contributed by atoms with Gasteiger partial charge in [-0.15, -0.1) is 0 Å². The summed E-state index contributed by atoms with van der Waals surface area (Å²) < 4.78 is 35.7. The van der Waals surface area contributed by atoms with Crippen molar-refractivity contribution >= 4 is 17.7 Å². The Hall–Kier alpha value is -0.430. The highest BCUT2D eigenvalue weighted by Crippen LogP contribution is 2.30. The van der Waals surface area contributed by atoms with Gasteiger partial charge in [0, 0.05) is 12.3 Å². The molecule has 1 aliphatic rings. The van der Waals surface area contributed by atoms with Crippen LogP contribution >= 0.6 is 11.8 Å². The predicted molar refractivity (Wildman–Crippen MR) is 55.4 cm³/mol. The van der Waals surface area contributed by atoms with Crippen LogP contribution in [0.2, 0.25) is 0 Å². The molecule has 0 amide bonds. The van der Waals surface area contributed by atoms with E-state index in [1.54, 1.807) is 4.90 Å². The molecule has 3 nitrogen and oxygen atoms in total. The fourth-order valence-electron chi connectivity index (χ4n) is 1.82. The largest absolute Gasteiger partial charge is 0.480 e.